The summed E-state index contributed by atoms with van der Waals surface area (Å²) in [7, 11) is -2.19. The van der Waals surface area contributed by atoms with Crippen molar-refractivity contribution in [3.8, 4) is 5.75 Å². The predicted molar refractivity (Wildman–Crippen MR) is 78.4 cm³/mol. The van der Waals surface area contributed by atoms with Gasteiger partial charge in [0.1, 0.15) is 16.8 Å². The molecule has 6 heteroatoms. The summed E-state index contributed by atoms with van der Waals surface area (Å²) < 4.78 is 43.3. The van der Waals surface area contributed by atoms with Crippen molar-refractivity contribution in [2.75, 3.05) is 13.7 Å². The molecule has 21 heavy (non-hydrogen) atoms. The number of rotatable bonds is 5. The molecular formula is C15H16FNO3S. The van der Waals surface area contributed by atoms with Crippen LogP contribution < -0.4 is 10.5 Å². The maximum absolute atomic E-state index is 12.9. The summed E-state index contributed by atoms with van der Waals surface area (Å²) >= 11 is 0. The van der Waals surface area contributed by atoms with Gasteiger partial charge in [0.25, 0.3) is 0 Å². The number of hydrogen-bond donors (Lipinski definition) is 1. The van der Waals surface area contributed by atoms with Gasteiger partial charge >= 0.3 is 0 Å². The molecule has 0 aliphatic rings. The van der Waals surface area contributed by atoms with Crippen LogP contribution in [0, 0.1) is 5.82 Å². The Kier molecular flexibility index (Phi) is 4.59. The largest absolute Gasteiger partial charge is 0.497 e. The van der Waals surface area contributed by atoms with Crippen molar-refractivity contribution in [3.63, 3.8) is 0 Å². The first-order valence-electron chi connectivity index (χ1n) is 6.32. The first-order chi connectivity index (χ1) is 9.98. The van der Waals surface area contributed by atoms with Crippen LogP contribution in [-0.4, -0.2) is 22.1 Å². The second-order valence-corrected chi connectivity index (χ2v) is 6.63. The van der Waals surface area contributed by atoms with Gasteiger partial charge in [0.05, 0.1) is 12.0 Å². The summed E-state index contributed by atoms with van der Waals surface area (Å²) in [5.74, 6) is 0.0693. The van der Waals surface area contributed by atoms with E-state index in [4.69, 9.17) is 10.5 Å². The number of ether oxygens (including phenoxy) is 1. The quantitative estimate of drug-likeness (QED) is 0.861. The highest BCUT2D eigenvalue weighted by Crippen LogP contribution is 2.30. The van der Waals surface area contributed by atoms with Crippen molar-refractivity contribution >= 4 is 9.84 Å². The molecule has 0 aromatic heterocycles. The minimum atomic E-state index is -3.69. The topological polar surface area (TPSA) is 69.4 Å². The molecule has 0 aliphatic heterocycles. The van der Waals surface area contributed by atoms with E-state index in [2.05, 4.69) is 0 Å². The van der Waals surface area contributed by atoms with E-state index in [0.717, 1.165) is 12.1 Å². The highest BCUT2D eigenvalue weighted by molar-refractivity contribution is 7.91. The van der Waals surface area contributed by atoms with Crippen LogP contribution >= 0.6 is 0 Å². The Morgan fingerprint density at radius 1 is 1.19 bits per heavy atom. The van der Waals surface area contributed by atoms with E-state index < -0.39 is 20.9 Å². The summed E-state index contributed by atoms with van der Waals surface area (Å²) in [6.07, 6.45) is 0. The van der Waals surface area contributed by atoms with Crippen LogP contribution in [0.3, 0.4) is 0 Å². The predicted octanol–water partition coefficient (Wildman–Crippen LogP) is 2.31. The van der Waals surface area contributed by atoms with Gasteiger partial charge in [-0.1, -0.05) is 12.1 Å². The van der Waals surface area contributed by atoms with Crippen molar-refractivity contribution in [2.45, 2.75) is 10.1 Å². The Labute approximate surface area is 123 Å². The molecule has 112 valence electrons. The molecule has 0 spiro atoms. The smallest absolute Gasteiger partial charge is 0.186 e. The Balaban J connectivity index is 2.46. The van der Waals surface area contributed by atoms with Crippen LogP contribution in [-0.2, 0) is 9.84 Å². The van der Waals surface area contributed by atoms with Crippen LogP contribution in [0.2, 0.25) is 0 Å². The molecule has 2 aromatic carbocycles. The SMILES string of the molecule is COc1cccc([C@@H](CN)S(=O)(=O)c2ccc(F)cc2)c1. The van der Waals surface area contributed by atoms with Gasteiger partial charge in [0, 0.05) is 6.54 Å². The summed E-state index contributed by atoms with van der Waals surface area (Å²) in [5, 5.41) is -0.905. The number of hydrogen-bond acceptors (Lipinski definition) is 4. The molecule has 0 fully saturated rings. The highest BCUT2D eigenvalue weighted by Gasteiger charge is 2.28. The zero-order chi connectivity index (χ0) is 15.5. The number of benzene rings is 2. The van der Waals surface area contributed by atoms with E-state index in [9.17, 15) is 12.8 Å². The molecule has 2 rings (SSSR count). The minimum Gasteiger partial charge on any atom is -0.497 e. The normalized spacial score (nSPS) is 12.9. The molecule has 0 saturated carbocycles. The summed E-state index contributed by atoms with van der Waals surface area (Å²) in [6, 6.07) is 11.5. The average molecular weight is 309 g/mol. The zero-order valence-electron chi connectivity index (χ0n) is 11.5. The van der Waals surface area contributed by atoms with Crippen LogP contribution in [0.25, 0.3) is 0 Å². The van der Waals surface area contributed by atoms with E-state index in [1.165, 1.54) is 19.2 Å². The first-order valence-corrected chi connectivity index (χ1v) is 7.87. The minimum absolute atomic E-state index is 0.0437. The third-order valence-corrected chi connectivity index (χ3v) is 5.34. The molecular weight excluding hydrogens is 293 g/mol. The highest BCUT2D eigenvalue weighted by atomic mass is 32.2. The Morgan fingerprint density at radius 3 is 2.43 bits per heavy atom. The molecule has 0 aliphatic carbocycles. The van der Waals surface area contributed by atoms with Crippen LogP contribution in [0.15, 0.2) is 53.4 Å². The fraction of sp³-hybridized carbons (Fsp3) is 0.200. The fourth-order valence-electron chi connectivity index (χ4n) is 2.07. The van der Waals surface area contributed by atoms with Gasteiger partial charge in [-0.25, -0.2) is 12.8 Å². The number of nitrogens with two attached hydrogens (primary N) is 1. The number of halogens is 1. The maximum Gasteiger partial charge on any atom is 0.186 e. The van der Waals surface area contributed by atoms with Crippen molar-refractivity contribution in [2.24, 2.45) is 5.73 Å². The Morgan fingerprint density at radius 2 is 1.86 bits per heavy atom. The zero-order valence-corrected chi connectivity index (χ0v) is 12.3. The van der Waals surface area contributed by atoms with Crippen LogP contribution in [0.1, 0.15) is 10.8 Å². The number of methoxy groups -OCH3 is 1. The number of sulfone groups is 1. The molecule has 0 bridgehead atoms. The average Bonchev–Trinajstić information content (AvgIpc) is 2.48. The van der Waals surface area contributed by atoms with Crippen molar-refractivity contribution in [1.82, 2.24) is 0 Å². The Bertz CT molecular complexity index is 714. The van der Waals surface area contributed by atoms with E-state index >= 15 is 0 Å². The third-order valence-electron chi connectivity index (χ3n) is 3.20. The van der Waals surface area contributed by atoms with Gasteiger partial charge in [0.15, 0.2) is 9.84 Å². The summed E-state index contributed by atoms with van der Waals surface area (Å²) in [6.45, 7) is -0.0765. The fourth-order valence-corrected chi connectivity index (χ4v) is 3.67. The second-order valence-electron chi connectivity index (χ2n) is 4.50. The molecule has 0 unspecified atom stereocenters. The van der Waals surface area contributed by atoms with Gasteiger partial charge in [-0.3, -0.25) is 0 Å². The van der Waals surface area contributed by atoms with Crippen LogP contribution in [0.4, 0.5) is 4.39 Å². The van der Waals surface area contributed by atoms with E-state index in [1.807, 2.05) is 0 Å². The van der Waals surface area contributed by atoms with Crippen molar-refractivity contribution in [3.05, 3.63) is 59.9 Å². The van der Waals surface area contributed by atoms with Crippen molar-refractivity contribution < 1.29 is 17.5 Å². The van der Waals surface area contributed by atoms with Crippen LogP contribution in [0.5, 0.6) is 5.75 Å². The van der Waals surface area contributed by atoms with Crippen molar-refractivity contribution in [1.29, 1.82) is 0 Å². The molecule has 1 atom stereocenters. The van der Waals surface area contributed by atoms with E-state index in [-0.39, 0.29) is 11.4 Å². The third kappa shape index (κ3) is 3.22. The lowest BCUT2D eigenvalue weighted by molar-refractivity contribution is 0.414. The van der Waals surface area contributed by atoms with Gasteiger partial charge < -0.3 is 10.5 Å². The van der Waals surface area contributed by atoms with Gasteiger partial charge in [-0.05, 0) is 42.0 Å². The second kappa shape index (κ2) is 6.24. The molecule has 0 amide bonds. The lowest BCUT2D eigenvalue weighted by atomic mass is 10.1. The van der Waals surface area contributed by atoms with E-state index in [1.54, 1.807) is 24.3 Å². The monoisotopic (exact) mass is 309 g/mol. The maximum atomic E-state index is 12.9. The van der Waals surface area contributed by atoms with Gasteiger partial charge in [0.2, 0.25) is 0 Å². The molecule has 4 nitrogen and oxygen atoms in total. The lowest BCUT2D eigenvalue weighted by Gasteiger charge is -2.17. The lowest BCUT2D eigenvalue weighted by Crippen LogP contribution is -2.22. The summed E-state index contributed by atoms with van der Waals surface area (Å²) in [5.41, 5.74) is 6.20. The molecule has 0 heterocycles. The first kappa shape index (κ1) is 15.5. The van der Waals surface area contributed by atoms with Gasteiger partial charge in [-0.15, -0.1) is 0 Å². The van der Waals surface area contributed by atoms with E-state index in [0.29, 0.717) is 11.3 Å². The molecule has 2 N–H and O–H groups in total. The Hall–Kier alpha value is -1.92. The standard InChI is InChI=1S/C15H16FNO3S/c1-20-13-4-2-3-11(9-13)15(10-17)21(18,19)14-7-5-12(16)6-8-14/h2-9,15H,10,17H2,1H3/t15-/m1/s1. The van der Waals surface area contributed by atoms with Gasteiger partial charge in [-0.2, -0.15) is 0 Å². The molecule has 0 radical (unpaired) electrons. The molecule has 0 saturated heterocycles. The molecule has 2 aromatic rings. The summed E-state index contributed by atoms with van der Waals surface area (Å²) in [4.78, 5) is 0.0437.